The van der Waals surface area contributed by atoms with E-state index in [0.29, 0.717) is 24.2 Å². The van der Waals surface area contributed by atoms with Gasteiger partial charge in [-0.25, -0.2) is 27.7 Å². The van der Waals surface area contributed by atoms with Gasteiger partial charge in [-0.3, -0.25) is 0 Å². The van der Waals surface area contributed by atoms with Gasteiger partial charge in [-0.15, -0.1) is 0 Å². The first-order chi connectivity index (χ1) is 17.4. The standard InChI is InChI=1S/C25H33N5O4S2/c1-18-16-26-24(27-17-18)29-9-7-21(8-10-29)34-25-28-22-4-3-20(15-23(22)35-25)19-5-11-30(12-6-19)36(32,33)14-2-13-31/h3-4,15-17,19,21,31H,2,5-14H2,1H3. The van der Waals surface area contributed by atoms with E-state index in [-0.39, 0.29) is 24.9 Å². The molecule has 0 spiro atoms. The Morgan fingerprint density at radius 2 is 1.81 bits per heavy atom. The van der Waals surface area contributed by atoms with Crippen LogP contribution in [0.1, 0.15) is 49.1 Å². The van der Waals surface area contributed by atoms with Crippen molar-refractivity contribution < 1.29 is 18.3 Å². The zero-order valence-electron chi connectivity index (χ0n) is 20.5. The number of thiazole rings is 1. The molecule has 2 fully saturated rings. The van der Waals surface area contributed by atoms with Crippen molar-refractivity contribution in [2.75, 3.05) is 43.4 Å². The molecule has 0 amide bonds. The van der Waals surface area contributed by atoms with Crippen LogP contribution in [-0.4, -0.2) is 77.4 Å². The van der Waals surface area contributed by atoms with Gasteiger partial charge in [0.2, 0.25) is 16.0 Å². The number of piperidine rings is 2. The average Bonchev–Trinajstić information content (AvgIpc) is 3.30. The molecule has 3 aromatic rings. The van der Waals surface area contributed by atoms with E-state index in [1.807, 2.05) is 19.3 Å². The minimum absolute atomic E-state index is 0.0164. The Bertz CT molecular complexity index is 1270. The number of aliphatic hydroxyl groups excluding tert-OH is 1. The zero-order valence-corrected chi connectivity index (χ0v) is 22.2. The van der Waals surface area contributed by atoms with Crippen LogP contribution in [0.3, 0.4) is 0 Å². The molecule has 194 valence electrons. The maximum atomic E-state index is 12.4. The molecule has 2 aliphatic heterocycles. The topological polar surface area (TPSA) is 109 Å². The maximum absolute atomic E-state index is 12.4. The molecule has 0 saturated carbocycles. The number of rotatable bonds is 8. The van der Waals surface area contributed by atoms with E-state index in [2.05, 4.69) is 33.1 Å². The molecule has 5 rings (SSSR count). The first-order valence-corrected chi connectivity index (χ1v) is 15.0. The van der Waals surface area contributed by atoms with Gasteiger partial charge in [0.1, 0.15) is 6.10 Å². The van der Waals surface area contributed by atoms with Crippen LogP contribution in [0.2, 0.25) is 0 Å². The Kier molecular flexibility index (Phi) is 7.71. The number of hydrogen-bond donors (Lipinski definition) is 1. The molecule has 0 bridgehead atoms. The Morgan fingerprint density at radius 1 is 1.08 bits per heavy atom. The lowest BCUT2D eigenvalue weighted by Gasteiger charge is -2.31. The first kappa shape index (κ1) is 25.3. The fraction of sp³-hybridized carbons (Fsp3) is 0.560. The van der Waals surface area contributed by atoms with Gasteiger partial charge in [-0.1, -0.05) is 17.4 Å². The molecular weight excluding hydrogens is 498 g/mol. The van der Waals surface area contributed by atoms with Gasteiger partial charge in [-0.05, 0) is 55.4 Å². The molecular formula is C25H33N5O4S2. The summed E-state index contributed by atoms with van der Waals surface area (Å²) in [6, 6.07) is 6.36. The number of fused-ring (bicyclic) bond motifs is 1. The Labute approximate surface area is 216 Å². The van der Waals surface area contributed by atoms with Gasteiger partial charge in [-0.2, -0.15) is 0 Å². The molecule has 1 N–H and O–H groups in total. The van der Waals surface area contributed by atoms with Crippen LogP contribution in [0.15, 0.2) is 30.6 Å². The molecule has 4 heterocycles. The summed E-state index contributed by atoms with van der Waals surface area (Å²) in [6.45, 7) is 4.66. The largest absolute Gasteiger partial charge is 0.467 e. The second-order valence-electron chi connectivity index (χ2n) is 9.64. The van der Waals surface area contributed by atoms with Gasteiger partial charge in [0.15, 0.2) is 0 Å². The number of aromatic nitrogens is 3. The van der Waals surface area contributed by atoms with Crippen LogP contribution in [-0.2, 0) is 10.0 Å². The molecule has 0 unspecified atom stereocenters. The first-order valence-electron chi connectivity index (χ1n) is 12.6. The highest BCUT2D eigenvalue weighted by molar-refractivity contribution is 7.89. The fourth-order valence-corrected chi connectivity index (χ4v) is 7.38. The molecule has 0 radical (unpaired) electrons. The smallest absolute Gasteiger partial charge is 0.274 e. The van der Waals surface area contributed by atoms with Crippen LogP contribution in [0.4, 0.5) is 5.95 Å². The van der Waals surface area contributed by atoms with E-state index >= 15 is 0 Å². The maximum Gasteiger partial charge on any atom is 0.274 e. The van der Waals surface area contributed by atoms with Crippen molar-refractivity contribution in [3.63, 3.8) is 0 Å². The second-order valence-corrected chi connectivity index (χ2v) is 12.7. The molecule has 9 nitrogen and oxygen atoms in total. The third-order valence-electron chi connectivity index (χ3n) is 7.03. The summed E-state index contributed by atoms with van der Waals surface area (Å²) in [5.41, 5.74) is 3.23. The minimum Gasteiger partial charge on any atom is -0.467 e. The summed E-state index contributed by atoms with van der Waals surface area (Å²) in [5, 5.41) is 9.66. The van der Waals surface area contributed by atoms with Crippen LogP contribution in [0.5, 0.6) is 5.19 Å². The van der Waals surface area contributed by atoms with Crippen molar-refractivity contribution in [3.05, 3.63) is 41.7 Å². The van der Waals surface area contributed by atoms with Crippen molar-refractivity contribution in [2.45, 2.75) is 51.0 Å². The van der Waals surface area contributed by atoms with E-state index in [9.17, 15) is 8.42 Å². The van der Waals surface area contributed by atoms with Crippen molar-refractivity contribution in [2.24, 2.45) is 0 Å². The summed E-state index contributed by atoms with van der Waals surface area (Å²) in [6.07, 6.45) is 7.52. The van der Waals surface area contributed by atoms with Crippen LogP contribution < -0.4 is 9.64 Å². The van der Waals surface area contributed by atoms with E-state index in [1.54, 1.807) is 15.6 Å². The van der Waals surface area contributed by atoms with Crippen LogP contribution in [0, 0.1) is 6.92 Å². The van der Waals surface area contributed by atoms with E-state index < -0.39 is 10.0 Å². The highest BCUT2D eigenvalue weighted by Gasteiger charge is 2.29. The number of ether oxygens (including phenoxy) is 1. The predicted molar refractivity (Wildman–Crippen MR) is 141 cm³/mol. The number of anilines is 1. The Morgan fingerprint density at radius 3 is 2.50 bits per heavy atom. The summed E-state index contributed by atoms with van der Waals surface area (Å²) < 4.78 is 33.8. The van der Waals surface area contributed by atoms with Crippen molar-refractivity contribution in [1.82, 2.24) is 19.3 Å². The summed E-state index contributed by atoms with van der Waals surface area (Å²) in [7, 11) is -3.28. The van der Waals surface area contributed by atoms with Gasteiger partial charge < -0.3 is 14.7 Å². The number of benzene rings is 1. The van der Waals surface area contributed by atoms with Crippen molar-refractivity contribution in [3.8, 4) is 5.19 Å². The monoisotopic (exact) mass is 531 g/mol. The van der Waals surface area contributed by atoms with E-state index in [4.69, 9.17) is 14.8 Å². The lowest BCUT2D eigenvalue weighted by atomic mass is 9.90. The van der Waals surface area contributed by atoms with Crippen molar-refractivity contribution >= 4 is 37.5 Å². The van der Waals surface area contributed by atoms with Gasteiger partial charge in [0.05, 0.1) is 16.0 Å². The number of nitrogens with zero attached hydrogens (tertiary/aromatic N) is 5. The molecule has 0 atom stereocenters. The molecule has 2 saturated heterocycles. The molecule has 2 aliphatic rings. The zero-order chi connectivity index (χ0) is 25.1. The normalized spacial score (nSPS) is 18.7. The fourth-order valence-electron chi connectivity index (χ4n) is 4.93. The predicted octanol–water partition coefficient (Wildman–Crippen LogP) is 3.33. The summed E-state index contributed by atoms with van der Waals surface area (Å²) >= 11 is 1.58. The molecule has 2 aromatic heterocycles. The lowest BCUT2D eigenvalue weighted by molar-refractivity contribution is 0.170. The number of aliphatic hydroxyl groups is 1. The number of sulfonamides is 1. The Hall–Kier alpha value is -2.34. The second kappa shape index (κ2) is 11.0. The Balaban J connectivity index is 1.17. The van der Waals surface area contributed by atoms with Gasteiger partial charge >= 0.3 is 0 Å². The highest BCUT2D eigenvalue weighted by atomic mass is 32.2. The highest BCUT2D eigenvalue weighted by Crippen LogP contribution is 2.35. The third-order valence-corrected chi connectivity index (χ3v) is 9.90. The summed E-state index contributed by atoms with van der Waals surface area (Å²) in [4.78, 5) is 15.8. The number of aryl methyl sites for hydroxylation is 1. The van der Waals surface area contributed by atoms with E-state index in [0.717, 1.165) is 60.5 Å². The minimum atomic E-state index is -3.28. The van der Waals surface area contributed by atoms with Gasteiger partial charge in [0, 0.05) is 58.0 Å². The number of hydrogen-bond acceptors (Lipinski definition) is 9. The van der Waals surface area contributed by atoms with Crippen LogP contribution >= 0.6 is 11.3 Å². The lowest BCUT2D eigenvalue weighted by Crippen LogP contribution is -2.39. The third kappa shape index (κ3) is 5.80. The molecule has 11 heteroatoms. The van der Waals surface area contributed by atoms with Crippen molar-refractivity contribution in [1.29, 1.82) is 0 Å². The van der Waals surface area contributed by atoms with E-state index in [1.165, 1.54) is 5.56 Å². The molecule has 36 heavy (non-hydrogen) atoms. The quantitative estimate of drug-likeness (QED) is 0.472. The van der Waals surface area contributed by atoms with Gasteiger partial charge in [0.25, 0.3) is 5.19 Å². The molecule has 1 aromatic carbocycles. The molecule has 0 aliphatic carbocycles. The summed E-state index contributed by atoms with van der Waals surface area (Å²) in [5.74, 6) is 1.13. The average molecular weight is 532 g/mol. The van der Waals surface area contributed by atoms with Crippen LogP contribution in [0.25, 0.3) is 10.2 Å². The SMILES string of the molecule is Cc1cnc(N2CCC(Oc3nc4ccc(C5CCN(S(=O)(=O)CCCO)CC5)cc4s3)CC2)nc1.